The van der Waals surface area contributed by atoms with Crippen molar-refractivity contribution in [3.05, 3.63) is 41.5 Å². The second kappa shape index (κ2) is 8.88. The minimum atomic E-state index is 0.0331. The third-order valence-corrected chi connectivity index (χ3v) is 4.67. The number of nitrogens with zero attached hydrogens (tertiary/aromatic N) is 4. The molecule has 2 atom stereocenters. The molecule has 7 heteroatoms. The van der Waals surface area contributed by atoms with Crippen molar-refractivity contribution >= 4 is 5.96 Å². The molecule has 0 bridgehead atoms. The van der Waals surface area contributed by atoms with Crippen molar-refractivity contribution in [1.29, 1.82) is 0 Å². The monoisotopic (exact) mass is 370 g/mol. The van der Waals surface area contributed by atoms with Gasteiger partial charge in [-0.25, -0.2) is 9.67 Å². The van der Waals surface area contributed by atoms with E-state index in [0.717, 1.165) is 49.2 Å². The lowest BCUT2D eigenvalue weighted by Gasteiger charge is -2.26. The molecule has 0 saturated heterocycles. The van der Waals surface area contributed by atoms with Crippen molar-refractivity contribution in [2.75, 3.05) is 13.6 Å². The van der Waals surface area contributed by atoms with Crippen molar-refractivity contribution in [2.45, 2.75) is 58.7 Å². The topological polar surface area (TPSA) is 76.4 Å². The first kappa shape index (κ1) is 19.2. The summed E-state index contributed by atoms with van der Waals surface area (Å²) in [5, 5.41) is 11.4. The van der Waals surface area contributed by atoms with Crippen molar-refractivity contribution in [3.8, 4) is 5.75 Å². The molecule has 0 saturated carbocycles. The van der Waals surface area contributed by atoms with Crippen LogP contribution in [0.5, 0.6) is 5.75 Å². The Labute approximate surface area is 161 Å². The smallest absolute Gasteiger partial charge is 0.191 e. The minimum absolute atomic E-state index is 0.0331. The van der Waals surface area contributed by atoms with E-state index in [1.54, 1.807) is 7.05 Å². The highest BCUT2D eigenvalue weighted by atomic mass is 16.5. The maximum absolute atomic E-state index is 5.97. The van der Waals surface area contributed by atoms with Crippen LogP contribution >= 0.6 is 0 Å². The maximum atomic E-state index is 5.97. The Hall–Kier alpha value is -2.57. The molecule has 2 N–H and O–H groups in total. The first-order valence-electron chi connectivity index (χ1n) is 9.70. The lowest BCUT2D eigenvalue weighted by molar-refractivity contribution is 0.223. The molecule has 0 radical (unpaired) electrons. The largest absolute Gasteiger partial charge is 0.489 e. The number of aryl methyl sites for hydroxylation is 3. The number of nitrogens with one attached hydrogen (secondary N) is 2. The zero-order valence-electron chi connectivity index (χ0n) is 16.7. The molecule has 3 rings (SSSR count). The predicted molar refractivity (Wildman–Crippen MR) is 107 cm³/mol. The van der Waals surface area contributed by atoms with Gasteiger partial charge in [0.05, 0.1) is 13.1 Å². The Morgan fingerprint density at radius 2 is 2.30 bits per heavy atom. The van der Waals surface area contributed by atoms with Gasteiger partial charge in [-0.15, -0.1) is 0 Å². The third kappa shape index (κ3) is 5.21. The first-order valence-corrected chi connectivity index (χ1v) is 9.70. The molecule has 0 amide bonds. The summed E-state index contributed by atoms with van der Waals surface area (Å²) in [7, 11) is 1.79. The van der Waals surface area contributed by atoms with Crippen LogP contribution < -0.4 is 15.4 Å². The van der Waals surface area contributed by atoms with Gasteiger partial charge in [-0.2, -0.15) is 5.10 Å². The first-order chi connectivity index (χ1) is 13.1. The normalized spacial score (nSPS) is 17.9. The van der Waals surface area contributed by atoms with Gasteiger partial charge >= 0.3 is 0 Å². The van der Waals surface area contributed by atoms with Gasteiger partial charge in [-0.05, 0) is 38.0 Å². The number of aliphatic imine (C=N–C) groups is 1. The summed E-state index contributed by atoms with van der Waals surface area (Å²) in [6.07, 6.45) is 2.87. The van der Waals surface area contributed by atoms with Crippen molar-refractivity contribution < 1.29 is 4.74 Å². The van der Waals surface area contributed by atoms with Crippen LogP contribution in [0.15, 0.2) is 29.3 Å². The van der Waals surface area contributed by atoms with Crippen LogP contribution in [0, 0.1) is 6.92 Å². The SMILES string of the molecule is CCc1nc2n(n1)CC(NC(=NC)NCC(C)Oc1cccc(C)c1)CC2. The van der Waals surface area contributed by atoms with Crippen LogP contribution in [0.1, 0.15) is 37.5 Å². The summed E-state index contributed by atoms with van der Waals surface area (Å²) in [6.45, 7) is 7.70. The van der Waals surface area contributed by atoms with E-state index in [-0.39, 0.29) is 6.10 Å². The molecule has 7 nitrogen and oxygen atoms in total. The number of guanidine groups is 1. The van der Waals surface area contributed by atoms with E-state index >= 15 is 0 Å². The number of aromatic nitrogens is 3. The van der Waals surface area contributed by atoms with Gasteiger partial charge < -0.3 is 15.4 Å². The predicted octanol–water partition coefficient (Wildman–Crippen LogP) is 2.10. The lowest BCUT2D eigenvalue weighted by Crippen LogP contribution is -2.48. The van der Waals surface area contributed by atoms with Gasteiger partial charge in [0.2, 0.25) is 0 Å². The molecule has 0 fully saturated rings. The average molecular weight is 371 g/mol. The number of hydrogen-bond acceptors (Lipinski definition) is 4. The number of rotatable bonds is 6. The van der Waals surface area contributed by atoms with E-state index < -0.39 is 0 Å². The average Bonchev–Trinajstić information content (AvgIpc) is 3.07. The highest BCUT2D eigenvalue weighted by molar-refractivity contribution is 5.80. The molecule has 0 aliphatic carbocycles. The molecular formula is C20H30N6O. The van der Waals surface area contributed by atoms with Crippen LogP contribution in [-0.4, -0.2) is 46.5 Å². The van der Waals surface area contributed by atoms with Gasteiger partial charge in [-0.1, -0.05) is 19.1 Å². The standard InChI is InChI=1S/C20H30N6O/c1-5-18-24-19-10-9-16(13-26(19)25-18)23-20(21-4)22-12-15(3)27-17-8-6-7-14(2)11-17/h6-8,11,15-16H,5,9-10,12-13H2,1-4H3,(H2,21,22,23). The number of fused-ring (bicyclic) bond motifs is 1. The molecule has 1 aromatic carbocycles. The van der Waals surface area contributed by atoms with Gasteiger partial charge in [0.25, 0.3) is 0 Å². The fourth-order valence-corrected chi connectivity index (χ4v) is 3.22. The minimum Gasteiger partial charge on any atom is -0.489 e. The van der Waals surface area contributed by atoms with Gasteiger partial charge in [-0.3, -0.25) is 4.99 Å². The fraction of sp³-hybridized carbons (Fsp3) is 0.550. The quantitative estimate of drug-likeness (QED) is 0.602. The van der Waals surface area contributed by atoms with Crippen LogP contribution in [0.4, 0.5) is 0 Å². The summed E-state index contributed by atoms with van der Waals surface area (Å²) in [4.78, 5) is 8.92. The summed E-state index contributed by atoms with van der Waals surface area (Å²) in [5.74, 6) is 3.70. The summed E-state index contributed by atoms with van der Waals surface area (Å²) >= 11 is 0. The number of benzene rings is 1. The van der Waals surface area contributed by atoms with Crippen molar-refractivity contribution in [3.63, 3.8) is 0 Å². The summed E-state index contributed by atoms with van der Waals surface area (Å²) in [5.41, 5.74) is 1.20. The van der Waals surface area contributed by atoms with Gasteiger partial charge in [0.15, 0.2) is 11.8 Å². The van der Waals surface area contributed by atoms with E-state index in [0.29, 0.717) is 12.6 Å². The summed E-state index contributed by atoms with van der Waals surface area (Å²) in [6, 6.07) is 8.40. The zero-order valence-corrected chi connectivity index (χ0v) is 16.7. The molecule has 0 spiro atoms. The maximum Gasteiger partial charge on any atom is 0.191 e. The lowest BCUT2D eigenvalue weighted by atomic mass is 10.1. The molecule has 1 aromatic heterocycles. The van der Waals surface area contributed by atoms with Crippen LogP contribution in [0.2, 0.25) is 0 Å². The van der Waals surface area contributed by atoms with Crippen molar-refractivity contribution in [1.82, 2.24) is 25.4 Å². The van der Waals surface area contributed by atoms with Crippen LogP contribution in [0.3, 0.4) is 0 Å². The highest BCUT2D eigenvalue weighted by Gasteiger charge is 2.22. The second-order valence-electron chi connectivity index (χ2n) is 7.06. The summed E-state index contributed by atoms with van der Waals surface area (Å²) < 4.78 is 8.00. The Morgan fingerprint density at radius 1 is 1.44 bits per heavy atom. The molecular weight excluding hydrogens is 340 g/mol. The Bertz CT molecular complexity index is 785. The van der Waals surface area contributed by atoms with Crippen LogP contribution in [0.25, 0.3) is 0 Å². The molecule has 1 aliphatic heterocycles. The highest BCUT2D eigenvalue weighted by Crippen LogP contribution is 2.14. The van der Waals surface area contributed by atoms with E-state index in [9.17, 15) is 0 Å². The fourth-order valence-electron chi connectivity index (χ4n) is 3.22. The van der Waals surface area contributed by atoms with E-state index in [2.05, 4.69) is 52.5 Å². The Morgan fingerprint density at radius 3 is 3.04 bits per heavy atom. The Balaban J connectivity index is 1.48. The van der Waals surface area contributed by atoms with Gasteiger partial charge in [0, 0.05) is 25.9 Å². The molecule has 146 valence electrons. The number of ether oxygens (including phenoxy) is 1. The second-order valence-corrected chi connectivity index (χ2v) is 7.06. The Kier molecular flexibility index (Phi) is 6.32. The van der Waals surface area contributed by atoms with Gasteiger partial charge in [0.1, 0.15) is 17.7 Å². The van der Waals surface area contributed by atoms with E-state index in [4.69, 9.17) is 4.74 Å². The van der Waals surface area contributed by atoms with Crippen LogP contribution in [-0.2, 0) is 19.4 Å². The molecule has 2 aromatic rings. The third-order valence-electron chi connectivity index (χ3n) is 4.67. The van der Waals surface area contributed by atoms with E-state index in [1.165, 1.54) is 5.56 Å². The van der Waals surface area contributed by atoms with E-state index in [1.807, 2.05) is 22.9 Å². The molecule has 2 heterocycles. The number of hydrogen-bond donors (Lipinski definition) is 2. The molecule has 27 heavy (non-hydrogen) atoms. The molecule has 1 aliphatic rings. The van der Waals surface area contributed by atoms with Crippen molar-refractivity contribution in [2.24, 2.45) is 4.99 Å². The molecule has 2 unspecified atom stereocenters. The zero-order chi connectivity index (χ0) is 19.2.